The summed E-state index contributed by atoms with van der Waals surface area (Å²) in [5, 5.41) is 2.51. The summed E-state index contributed by atoms with van der Waals surface area (Å²) in [6.07, 6.45) is 0. The van der Waals surface area contributed by atoms with Crippen molar-refractivity contribution in [3.05, 3.63) is 59.9 Å². The Labute approximate surface area is 104 Å². The maximum absolute atomic E-state index is 13.3. The number of carbonyl (C=O) groups excluding carboxylic acids is 1. The second kappa shape index (κ2) is 5.31. The Balaban J connectivity index is 2.14. The molecule has 2 aromatic rings. The highest BCUT2D eigenvalue weighted by atomic mass is 19.1. The number of benzene rings is 2. The lowest BCUT2D eigenvalue weighted by atomic mass is 10.2. The van der Waals surface area contributed by atoms with Crippen molar-refractivity contribution in [2.45, 2.75) is 0 Å². The monoisotopic (exact) mass is 245 g/mol. The number of nitrogens with one attached hydrogen (secondary N) is 1. The molecular weight excluding hydrogens is 233 g/mol. The van der Waals surface area contributed by atoms with E-state index in [0.717, 1.165) is 0 Å². The van der Waals surface area contributed by atoms with Crippen LogP contribution in [0.3, 0.4) is 0 Å². The molecule has 0 atom stereocenters. The molecule has 0 bridgehead atoms. The lowest BCUT2D eigenvalue weighted by molar-refractivity contribution is 0.102. The fraction of sp³-hybridized carbons (Fsp3) is 0.0714. The Morgan fingerprint density at radius 3 is 2.39 bits per heavy atom. The van der Waals surface area contributed by atoms with Crippen LogP contribution in [0.5, 0.6) is 5.75 Å². The molecule has 0 aromatic heterocycles. The second-order valence-corrected chi connectivity index (χ2v) is 3.66. The third-order valence-corrected chi connectivity index (χ3v) is 2.47. The summed E-state index contributed by atoms with van der Waals surface area (Å²) in [6, 6.07) is 12.6. The van der Waals surface area contributed by atoms with Crippen LogP contribution in [0.1, 0.15) is 10.4 Å². The van der Waals surface area contributed by atoms with E-state index >= 15 is 0 Å². The van der Waals surface area contributed by atoms with Crippen LogP contribution in [0.15, 0.2) is 48.5 Å². The largest absolute Gasteiger partial charge is 0.497 e. The van der Waals surface area contributed by atoms with Crippen molar-refractivity contribution in [3.63, 3.8) is 0 Å². The first-order chi connectivity index (χ1) is 8.70. The predicted molar refractivity (Wildman–Crippen MR) is 67.3 cm³/mol. The molecule has 0 fully saturated rings. The molecule has 0 aliphatic carbocycles. The zero-order valence-electron chi connectivity index (χ0n) is 9.81. The molecule has 1 amide bonds. The summed E-state index contributed by atoms with van der Waals surface area (Å²) in [6.45, 7) is 0. The van der Waals surface area contributed by atoms with Gasteiger partial charge in [0.15, 0.2) is 0 Å². The number of amides is 1. The summed E-state index contributed by atoms with van der Waals surface area (Å²) < 4.78 is 18.3. The number of anilines is 1. The second-order valence-electron chi connectivity index (χ2n) is 3.66. The summed E-state index contributed by atoms with van der Waals surface area (Å²) in [5.74, 6) is -0.153. The van der Waals surface area contributed by atoms with Crippen molar-refractivity contribution in [1.29, 1.82) is 0 Å². The van der Waals surface area contributed by atoms with Gasteiger partial charge in [-0.25, -0.2) is 4.39 Å². The first kappa shape index (κ1) is 12.1. The van der Waals surface area contributed by atoms with Crippen molar-refractivity contribution in [2.24, 2.45) is 0 Å². The lowest BCUT2D eigenvalue weighted by Crippen LogP contribution is -2.12. The van der Waals surface area contributed by atoms with E-state index in [1.54, 1.807) is 43.5 Å². The zero-order valence-corrected chi connectivity index (χ0v) is 9.81. The van der Waals surface area contributed by atoms with Gasteiger partial charge in [0, 0.05) is 5.56 Å². The topological polar surface area (TPSA) is 38.3 Å². The maximum atomic E-state index is 13.3. The van der Waals surface area contributed by atoms with Gasteiger partial charge in [0.25, 0.3) is 5.91 Å². The standard InChI is InChI=1S/C14H12FNO2/c1-18-11-8-6-10(7-9-11)14(17)16-13-5-3-2-4-12(13)15/h2-9H,1H3,(H,16,17). The summed E-state index contributed by atoms with van der Waals surface area (Å²) in [4.78, 5) is 11.8. The molecule has 92 valence electrons. The quantitative estimate of drug-likeness (QED) is 0.902. The zero-order chi connectivity index (χ0) is 13.0. The molecular formula is C14H12FNO2. The number of ether oxygens (including phenoxy) is 1. The van der Waals surface area contributed by atoms with E-state index in [1.807, 2.05) is 0 Å². The van der Waals surface area contributed by atoms with Gasteiger partial charge in [0.1, 0.15) is 11.6 Å². The van der Waals surface area contributed by atoms with Crippen LogP contribution >= 0.6 is 0 Å². The number of carbonyl (C=O) groups is 1. The average Bonchev–Trinajstić information content (AvgIpc) is 2.41. The van der Waals surface area contributed by atoms with E-state index in [9.17, 15) is 9.18 Å². The number of methoxy groups -OCH3 is 1. The Kier molecular flexibility index (Phi) is 3.57. The number of rotatable bonds is 3. The highest BCUT2D eigenvalue weighted by molar-refractivity contribution is 6.04. The third kappa shape index (κ3) is 2.66. The van der Waals surface area contributed by atoms with Gasteiger partial charge in [-0.2, -0.15) is 0 Å². The van der Waals surface area contributed by atoms with Crippen LogP contribution < -0.4 is 10.1 Å². The number of hydrogen-bond acceptors (Lipinski definition) is 2. The molecule has 1 N–H and O–H groups in total. The van der Waals surface area contributed by atoms with Gasteiger partial charge in [-0.05, 0) is 36.4 Å². The van der Waals surface area contributed by atoms with E-state index in [1.165, 1.54) is 12.1 Å². The van der Waals surface area contributed by atoms with Crippen LogP contribution in [0.2, 0.25) is 0 Å². The third-order valence-electron chi connectivity index (χ3n) is 2.47. The molecule has 0 unspecified atom stereocenters. The van der Waals surface area contributed by atoms with Crippen molar-refractivity contribution >= 4 is 11.6 Å². The Bertz CT molecular complexity index is 552. The number of halogens is 1. The normalized spacial score (nSPS) is 9.89. The minimum atomic E-state index is -0.459. The van der Waals surface area contributed by atoms with E-state index in [0.29, 0.717) is 11.3 Å². The van der Waals surface area contributed by atoms with Gasteiger partial charge >= 0.3 is 0 Å². The summed E-state index contributed by atoms with van der Waals surface area (Å²) in [7, 11) is 1.55. The van der Waals surface area contributed by atoms with E-state index in [2.05, 4.69) is 5.32 Å². The molecule has 3 nitrogen and oxygen atoms in total. The Morgan fingerprint density at radius 2 is 1.78 bits per heavy atom. The highest BCUT2D eigenvalue weighted by Crippen LogP contribution is 2.16. The van der Waals surface area contributed by atoms with Crippen LogP contribution in [-0.4, -0.2) is 13.0 Å². The SMILES string of the molecule is COc1ccc(C(=O)Nc2ccccc2F)cc1. The van der Waals surface area contributed by atoms with E-state index in [4.69, 9.17) is 4.74 Å². The molecule has 0 aliphatic rings. The van der Waals surface area contributed by atoms with Gasteiger partial charge in [0.05, 0.1) is 12.8 Å². The van der Waals surface area contributed by atoms with Crippen LogP contribution in [0, 0.1) is 5.82 Å². The smallest absolute Gasteiger partial charge is 0.255 e. The molecule has 0 heterocycles. The van der Waals surface area contributed by atoms with Crippen molar-refractivity contribution in [1.82, 2.24) is 0 Å². The fourth-order valence-corrected chi connectivity index (χ4v) is 1.50. The van der Waals surface area contributed by atoms with E-state index in [-0.39, 0.29) is 11.6 Å². The average molecular weight is 245 g/mol. The van der Waals surface area contributed by atoms with Gasteiger partial charge in [-0.3, -0.25) is 4.79 Å². The molecule has 0 spiro atoms. The molecule has 0 radical (unpaired) electrons. The minimum absolute atomic E-state index is 0.165. The van der Waals surface area contributed by atoms with Gasteiger partial charge in [0.2, 0.25) is 0 Å². The first-order valence-electron chi connectivity index (χ1n) is 5.40. The van der Waals surface area contributed by atoms with Crippen LogP contribution in [0.4, 0.5) is 10.1 Å². The van der Waals surface area contributed by atoms with Gasteiger partial charge in [-0.15, -0.1) is 0 Å². The minimum Gasteiger partial charge on any atom is -0.497 e. The first-order valence-corrected chi connectivity index (χ1v) is 5.40. The maximum Gasteiger partial charge on any atom is 0.255 e. The van der Waals surface area contributed by atoms with E-state index < -0.39 is 5.82 Å². The van der Waals surface area contributed by atoms with Crippen molar-refractivity contribution < 1.29 is 13.9 Å². The number of para-hydroxylation sites is 1. The molecule has 18 heavy (non-hydrogen) atoms. The summed E-state index contributed by atoms with van der Waals surface area (Å²) in [5.41, 5.74) is 0.609. The van der Waals surface area contributed by atoms with Gasteiger partial charge < -0.3 is 10.1 Å². The summed E-state index contributed by atoms with van der Waals surface area (Å²) >= 11 is 0. The Morgan fingerprint density at radius 1 is 1.11 bits per heavy atom. The predicted octanol–water partition coefficient (Wildman–Crippen LogP) is 3.09. The molecule has 0 saturated carbocycles. The highest BCUT2D eigenvalue weighted by Gasteiger charge is 2.08. The number of hydrogen-bond donors (Lipinski definition) is 1. The van der Waals surface area contributed by atoms with Crippen LogP contribution in [0.25, 0.3) is 0 Å². The molecule has 0 aliphatic heterocycles. The van der Waals surface area contributed by atoms with Gasteiger partial charge in [-0.1, -0.05) is 12.1 Å². The van der Waals surface area contributed by atoms with Crippen molar-refractivity contribution in [3.8, 4) is 5.75 Å². The van der Waals surface area contributed by atoms with Crippen LogP contribution in [-0.2, 0) is 0 Å². The molecule has 0 saturated heterocycles. The Hall–Kier alpha value is -2.36. The lowest BCUT2D eigenvalue weighted by Gasteiger charge is -2.06. The fourth-order valence-electron chi connectivity index (χ4n) is 1.50. The molecule has 4 heteroatoms. The molecule has 2 aromatic carbocycles. The molecule has 2 rings (SSSR count). The van der Waals surface area contributed by atoms with Crippen molar-refractivity contribution in [2.75, 3.05) is 12.4 Å².